The zero-order chi connectivity index (χ0) is 17.0. The minimum atomic E-state index is -0.450. The van der Waals surface area contributed by atoms with E-state index in [0.717, 1.165) is 31.6 Å². The maximum absolute atomic E-state index is 12.0. The van der Waals surface area contributed by atoms with Gasteiger partial charge in [-0.3, -0.25) is 0 Å². The fraction of sp³-hybridized carbons (Fsp3) is 0.588. The van der Waals surface area contributed by atoms with Crippen molar-refractivity contribution < 1.29 is 9.53 Å². The Morgan fingerprint density at radius 1 is 1.35 bits per heavy atom. The van der Waals surface area contributed by atoms with Crippen LogP contribution in [0.25, 0.3) is 0 Å². The molecule has 0 aliphatic carbocycles. The molecule has 0 saturated carbocycles. The highest BCUT2D eigenvalue weighted by Crippen LogP contribution is 2.24. The second kappa shape index (κ2) is 7.73. The van der Waals surface area contributed by atoms with Gasteiger partial charge in [-0.2, -0.15) is 0 Å². The van der Waals surface area contributed by atoms with Crippen LogP contribution in [-0.4, -0.2) is 36.2 Å². The Kier molecular flexibility index (Phi) is 6.18. The van der Waals surface area contributed by atoms with Crippen LogP contribution in [0.5, 0.6) is 0 Å². The van der Waals surface area contributed by atoms with E-state index in [9.17, 15) is 4.79 Å². The van der Waals surface area contributed by atoms with Crippen LogP contribution in [0.2, 0.25) is 10.0 Å². The number of halogens is 2. The first kappa shape index (κ1) is 18.4. The average Bonchev–Trinajstić information content (AvgIpc) is 2.89. The smallest absolute Gasteiger partial charge is 0.410 e. The third-order valence-corrected chi connectivity index (χ3v) is 4.44. The second-order valence-corrected chi connectivity index (χ2v) is 7.73. The van der Waals surface area contributed by atoms with Crippen molar-refractivity contribution >= 4 is 29.3 Å². The van der Waals surface area contributed by atoms with Gasteiger partial charge >= 0.3 is 6.09 Å². The fourth-order valence-electron chi connectivity index (χ4n) is 2.59. The van der Waals surface area contributed by atoms with Gasteiger partial charge in [-0.25, -0.2) is 4.79 Å². The number of carbonyl (C=O) groups excluding carboxylic acids is 1. The Hall–Kier alpha value is -0.970. The van der Waals surface area contributed by atoms with Crippen LogP contribution in [0, 0.1) is 5.92 Å². The molecule has 1 aliphatic heterocycles. The van der Waals surface area contributed by atoms with Gasteiger partial charge in [-0.1, -0.05) is 29.3 Å². The highest BCUT2D eigenvalue weighted by Gasteiger charge is 2.29. The van der Waals surface area contributed by atoms with E-state index in [4.69, 9.17) is 27.9 Å². The Bertz CT molecular complexity index is 538. The number of carbonyl (C=O) groups is 1. The molecule has 6 heteroatoms. The van der Waals surface area contributed by atoms with E-state index in [0.29, 0.717) is 22.5 Å². The van der Waals surface area contributed by atoms with Crippen LogP contribution >= 0.6 is 23.2 Å². The summed E-state index contributed by atoms with van der Waals surface area (Å²) in [5, 5.41) is 4.73. The molecule has 1 N–H and O–H groups in total. The van der Waals surface area contributed by atoms with Gasteiger partial charge < -0.3 is 15.0 Å². The largest absolute Gasteiger partial charge is 0.444 e. The summed E-state index contributed by atoms with van der Waals surface area (Å²) < 4.78 is 5.41. The van der Waals surface area contributed by atoms with Crippen molar-refractivity contribution in [2.24, 2.45) is 5.92 Å². The Morgan fingerprint density at radius 2 is 2.00 bits per heavy atom. The summed E-state index contributed by atoms with van der Waals surface area (Å²) in [6, 6.07) is 5.51. The molecule has 1 aromatic carbocycles. The molecule has 1 fully saturated rings. The van der Waals surface area contributed by atoms with Crippen LogP contribution in [0.15, 0.2) is 18.2 Å². The summed E-state index contributed by atoms with van der Waals surface area (Å²) in [6.07, 6.45) is 0.747. The van der Waals surface area contributed by atoms with Gasteiger partial charge in [-0.05, 0) is 45.2 Å². The lowest BCUT2D eigenvalue weighted by molar-refractivity contribution is 0.0288. The molecule has 1 aromatic rings. The van der Waals surface area contributed by atoms with Gasteiger partial charge in [0.05, 0.1) is 0 Å². The predicted octanol–water partition coefficient (Wildman–Crippen LogP) is 4.34. The molecule has 4 nitrogen and oxygen atoms in total. The van der Waals surface area contributed by atoms with Crippen LogP contribution < -0.4 is 5.32 Å². The summed E-state index contributed by atoms with van der Waals surface area (Å²) >= 11 is 12.3. The maximum Gasteiger partial charge on any atom is 0.410 e. The zero-order valence-electron chi connectivity index (χ0n) is 13.9. The summed E-state index contributed by atoms with van der Waals surface area (Å²) in [6.45, 7) is 8.56. The highest BCUT2D eigenvalue weighted by atomic mass is 35.5. The summed E-state index contributed by atoms with van der Waals surface area (Å²) in [4.78, 5) is 13.8. The molecule has 1 amide bonds. The minimum Gasteiger partial charge on any atom is -0.444 e. The minimum absolute atomic E-state index is 0.228. The molecule has 1 unspecified atom stereocenters. The summed E-state index contributed by atoms with van der Waals surface area (Å²) in [5.74, 6) is 0.420. The lowest BCUT2D eigenvalue weighted by Gasteiger charge is -2.24. The Morgan fingerprint density at radius 3 is 2.61 bits per heavy atom. The second-order valence-electron chi connectivity index (χ2n) is 6.91. The van der Waals surface area contributed by atoms with Crippen molar-refractivity contribution in [2.75, 3.05) is 19.6 Å². The van der Waals surface area contributed by atoms with E-state index in [1.54, 1.807) is 4.90 Å². The van der Waals surface area contributed by atoms with Crippen molar-refractivity contribution in [1.82, 2.24) is 10.2 Å². The fourth-order valence-corrected chi connectivity index (χ4v) is 3.13. The van der Waals surface area contributed by atoms with Crippen molar-refractivity contribution in [3.63, 3.8) is 0 Å². The first-order chi connectivity index (χ1) is 10.8. The number of hydrogen-bond donors (Lipinski definition) is 1. The van der Waals surface area contributed by atoms with E-state index >= 15 is 0 Å². The monoisotopic (exact) mass is 358 g/mol. The number of amides is 1. The number of nitrogens with one attached hydrogen (secondary N) is 1. The molecule has 128 valence electrons. The Labute approximate surface area is 148 Å². The number of rotatable bonds is 4. The van der Waals surface area contributed by atoms with E-state index in [-0.39, 0.29) is 6.09 Å². The van der Waals surface area contributed by atoms with Crippen LogP contribution in [0.1, 0.15) is 32.8 Å². The third kappa shape index (κ3) is 5.55. The van der Waals surface area contributed by atoms with Crippen molar-refractivity contribution in [3.05, 3.63) is 33.8 Å². The third-order valence-electron chi connectivity index (χ3n) is 3.73. The first-order valence-corrected chi connectivity index (χ1v) is 8.63. The molecule has 0 spiro atoms. The summed E-state index contributed by atoms with van der Waals surface area (Å²) in [5.41, 5.74) is 0.464. The van der Waals surface area contributed by atoms with Crippen molar-refractivity contribution in [3.8, 4) is 0 Å². The zero-order valence-corrected chi connectivity index (χ0v) is 15.4. The highest BCUT2D eigenvalue weighted by molar-refractivity contribution is 6.35. The van der Waals surface area contributed by atoms with E-state index in [2.05, 4.69) is 5.32 Å². The standard InChI is InChI=1S/C17H24Cl2N2O2/c1-17(2,3)23-16(22)21-8-7-12(11-21)9-20-10-13-14(18)5-4-6-15(13)19/h4-6,12,20H,7-11H2,1-3H3. The molecule has 0 radical (unpaired) electrons. The topological polar surface area (TPSA) is 41.6 Å². The maximum atomic E-state index is 12.0. The molecule has 1 saturated heterocycles. The number of likely N-dealkylation sites (tertiary alicyclic amines) is 1. The van der Waals surface area contributed by atoms with Gasteiger partial charge in [0.15, 0.2) is 0 Å². The van der Waals surface area contributed by atoms with E-state index in [1.807, 2.05) is 39.0 Å². The average molecular weight is 359 g/mol. The van der Waals surface area contributed by atoms with Crippen LogP contribution in [0.3, 0.4) is 0 Å². The number of nitrogens with zero attached hydrogens (tertiary/aromatic N) is 1. The van der Waals surface area contributed by atoms with Crippen LogP contribution in [-0.2, 0) is 11.3 Å². The molecular formula is C17H24Cl2N2O2. The van der Waals surface area contributed by atoms with Gasteiger partial charge in [0.25, 0.3) is 0 Å². The molecular weight excluding hydrogens is 335 g/mol. The lowest BCUT2D eigenvalue weighted by atomic mass is 10.1. The molecule has 1 atom stereocenters. The van der Waals surface area contributed by atoms with Crippen LogP contribution in [0.4, 0.5) is 4.79 Å². The van der Waals surface area contributed by atoms with E-state index in [1.165, 1.54) is 0 Å². The number of ether oxygens (including phenoxy) is 1. The molecule has 2 rings (SSSR count). The van der Waals surface area contributed by atoms with Crippen molar-refractivity contribution in [1.29, 1.82) is 0 Å². The van der Waals surface area contributed by atoms with Crippen molar-refractivity contribution in [2.45, 2.75) is 39.3 Å². The van der Waals surface area contributed by atoms with Gasteiger partial charge in [0.1, 0.15) is 5.60 Å². The molecule has 0 aromatic heterocycles. The molecule has 1 aliphatic rings. The number of benzene rings is 1. The van der Waals surface area contributed by atoms with E-state index < -0.39 is 5.60 Å². The summed E-state index contributed by atoms with van der Waals surface area (Å²) in [7, 11) is 0. The molecule has 23 heavy (non-hydrogen) atoms. The van der Waals surface area contributed by atoms with Gasteiger partial charge in [-0.15, -0.1) is 0 Å². The molecule has 0 bridgehead atoms. The SMILES string of the molecule is CC(C)(C)OC(=O)N1CCC(CNCc2c(Cl)cccc2Cl)C1. The first-order valence-electron chi connectivity index (χ1n) is 7.88. The van der Waals surface area contributed by atoms with Gasteiger partial charge in [0.2, 0.25) is 0 Å². The normalized spacial score (nSPS) is 18.3. The van der Waals surface area contributed by atoms with Gasteiger partial charge in [0, 0.05) is 41.8 Å². The predicted molar refractivity (Wildman–Crippen MR) is 94.1 cm³/mol. The molecule has 1 heterocycles. The quantitative estimate of drug-likeness (QED) is 0.870. The number of hydrogen-bond acceptors (Lipinski definition) is 3. The lowest BCUT2D eigenvalue weighted by Crippen LogP contribution is -2.36. The Balaban J connectivity index is 1.77.